The molecule has 1 fully saturated rings. The van der Waals surface area contributed by atoms with E-state index in [1.54, 1.807) is 11.1 Å². The van der Waals surface area contributed by atoms with Gasteiger partial charge in [-0.25, -0.2) is 0 Å². The van der Waals surface area contributed by atoms with Crippen molar-refractivity contribution in [1.82, 2.24) is 9.47 Å². The number of carbonyl (C=O) groups is 1. The zero-order valence-electron chi connectivity index (χ0n) is 12.3. The van der Waals surface area contributed by atoms with Crippen molar-refractivity contribution in [1.29, 1.82) is 0 Å². The number of hydrogen-bond acceptors (Lipinski definition) is 3. The fourth-order valence-corrected chi connectivity index (χ4v) is 2.78. The van der Waals surface area contributed by atoms with Crippen LogP contribution in [0.5, 0.6) is 0 Å². The summed E-state index contributed by atoms with van der Waals surface area (Å²) in [5.74, 6) is 0.319. The van der Waals surface area contributed by atoms with E-state index in [4.69, 9.17) is 5.73 Å². The molecule has 2 N–H and O–H groups in total. The van der Waals surface area contributed by atoms with Crippen LogP contribution in [0.2, 0.25) is 0 Å². The zero-order chi connectivity index (χ0) is 14.7. The molecule has 110 valence electrons. The van der Waals surface area contributed by atoms with Gasteiger partial charge in [0.15, 0.2) is 5.43 Å². The summed E-state index contributed by atoms with van der Waals surface area (Å²) in [7, 11) is 1.85. The number of nitrogens with zero attached hydrogens (tertiary/aromatic N) is 2. The molecule has 1 aliphatic rings. The van der Waals surface area contributed by atoms with Crippen LogP contribution in [0, 0.1) is 12.8 Å². The van der Waals surface area contributed by atoms with E-state index in [2.05, 4.69) is 0 Å². The van der Waals surface area contributed by atoms with E-state index in [-0.39, 0.29) is 16.9 Å². The second kappa shape index (κ2) is 6.22. The second-order valence-electron chi connectivity index (χ2n) is 5.64. The molecule has 1 aromatic rings. The smallest absolute Gasteiger partial charge is 0.259 e. The highest BCUT2D eigenvalue weighted by molar-refractivity contribution is 5.93. The third kappa shape index (κ3) is 3.10. The highest BCUT2D eigenvalue weighted by atomic mass is 16.2. The van der Waals surface area contributed by atoms with Gasteiger partial charge in [-0.15, -0.1) is 0 Å². The lowest BCUT2D eigenvalue weighted by atomic mass is 9.94. The van der Waals surface area contributed by atoms with E-state index in [1.165, 1.54) is 6.07 Å². The Morgan fingerprint density at radius 1 is 1.50 bits per heavy atom. The molecule has 0 saturated carbocycles. The summed E-state index contributed by atoms with van der Waals surface area (Å²) in [4.78, 5) is 26.3. The lowest BCUT2D eigenvalue weighted by molar-refractivity contribution is 0.0667. The van der Waals surface area contributed by atoms with E-state index >= 15 is 0 Å². The molecule has 0 aliphatic carbocycles. The van der Waals surface area contributed by atoms with Gasteiger partial charge in [0.1, 0.15) is 5.56 Å². The Balaban J connectivity index is 2.19. The Bertz CT molecular complexity index is 549. The average Bonchev–Trinajstić information content (AvgIpc) is 2.43. The molecule has 0 spiro atoms. The molecular weight excluding hydrogens is 254 g/mol. The van der Waals surface area contributed by atoms with Crippen LogP contribution in [-0.2, 0) is 7.05 Å². The molecule has 1 saturated heterocycles. The minimum Gasteiger partial charge on any atom is -0.354 e. The molecule has 0 bridgehead atoms. The van der Waals surface area contributed by atoms with Gasteiger partial charge in [0.2, 0.25) is 0 Å². The van der Waals surface area contributed by atoms with Crippen LogP contribution in [-0.4, -0.2) is 35.0 Å². The van der Waals surface area contributed by atoms with Gasteiger partial charge in [0, 0.05) is 38.1 Å². The molecule has 1 amide bonds. The second-order valence-corrected chi connectivity index (χ2v) is 5.64. The Labute approximate surface area is 119 Å². The molecular formula is C15H23N3O2. The van der Waals surface area contributed by atoms with E-state index in [0.29, 0.717) is 19.0 Å². The number of likely N-dealkylation sites (tertiary alicyclic amines) is 1. The molecule has 0 unspecified atom stereocenters. The van der Waals surface area contributed by atoms with Gasteiger partial charge in [-0.05, 0) is 38.6 Å². The van der Waals surface area contributed by atoms with Crippen LogP contribution in [0.1, 0.15) is 35.3 Å². The van der Waals surface area contributed by atoms with Crippen molar-refractivity contribution in [3.63, 3.8) is 0 Å². The van der Waals surface area contributed by atoms with Crippen molar-refractivity contribution in [3.8, 4) is 0 Å². The van der Waals surface area contributed by atoms with Gasteiger partial charge < -0.3 is 15.2 Å². The topological polar surface area (TPSA) is 68.3 Å². The fraction of sp³-hybridized carbons (Fsp3) is 0.600. The molecule has 2 heterocycles. The fourth-order valence-electron chi connectivity index (χ4n) is 2.78. The molecule has 0 radical (unpaired) electrons. The number of hydrogen-bond donors (Lipinski definition) is 1. The van der Waals surface area contributed by atoms with Gasteiger partial charge >= 0.3 is 0 Å². The first-order valence-corrected chi connectivity index (χ1v) is 7.19. The highest BCUT2D eigenvalue weighted by Gasteiger charge is 2.25. The summed E-state index contributed by atoms with van der Waals surface area (Å²) in [5.41, 5.74) is 6.53. The maximum Gasteiger partial charge on any atom is 0.259 e. The zero-order valence-corrected chi connectivity index (χ0v) is 12.3. The van der Waals surface area contributed by atoms with Crippen molar-refractivity contribution in [2.45, 2.75) is 26.2 Å². The van der Waals surface area contributed by atoms with Crippen LogP contribution in [0.15, 0.2) is 17.1 Å². The number of aromatic nitrogens is 1. The molecule has 1 aromatic heterocycles. The van der Waals surface area contributed by atoms with Crippen LogP contribution < -0.4 is 11.2 Å². The van der Waals surface area contributed by atoms with Gasteiger partial charge in [0.25, 0.3) is 5.91 Å². The van der Waals surface area contributed by atoms with E-state index in [0.717, 1.165) is 31.5 Å². The molecule has 20 heavy (non-hydrogen) atoms. The van der Waals surface area contributed by atoms with Gasteiger partial charge in [0.05, 0.1) is 0 Å². The maximum atomic E-state index is 12.5. The lowest BCUT2D eigenvalue weighted by Gasteiger charge is -2.32. The first-order chi connectivity index (χ1) is 9.52. The lowest BCUT2D eigenvalue weighted by Crippen LogP contribution is -2.42. The summed E-state index contributed by atoms with van der Waals surface area (Å²) in [6.07, 6.45) is 4.69. The predicted octanol–water partition coefficient (Wildman–Crippen LogP) is 0.895. The van der Waals surface area contributed by atoms with Crippen LogP contribution in [0.3, 0.4) is 0 Å². The van der Waals surface area contributed by atoms with E-state index in [1.807, 2.05) is 18.5 Å². The Morgan fingerprint density at radius 3 is 2.95 bits per heavy atom. The van der Waals surface area contributed by atoms with E-state index in [9.17, 15) is 9.59 Å². The number of nitrogens with two attached hydrogens (primary N) is 1. The van der Waals surface area contributed by atoms with Crippen molar-refractivity contribution in [2.75, 3.05) is 19.6 Å². The number of carbonyl (C=O) groups excluding carboxylic acids is 1. The van der Waals surface area contributed by atoms with Crippen LogP contribution in [0.25, 0.3) is 0 Å². The van der Waals surface area contributed by atoms with Crippen molar-refractivity contribution >= 4 is 5.91 Å². The number of aryl methyl sites for hydroxylation is 2. The first-order valence-electron chi connectivity index (χ1n) is 7.19. The minimum atomic E-state index is -0.188. The molecule has 5 nitrogen and oxygen atoms in total. The summed E-state index contributed by atoms with van der Waals surface area (Å²) in [6.45, 7) is 3.96. The third-order valence-corrected chi connectivity index (χ3v) is 4.10. The Morgan fingerprint density at radius 2 is 2.25 bits per heavy atom. The summed E-state index contributed by atoms with van der Waals surface area (Å²) in [6, 6.07) is 1.52. The summed E-state index contributed by atoms with van der Waals surface area (Å²) in [5, 5.41) is 0. The minimum absolute atomic E-state index is 0.146. The molecule has 0 aromatic carbocycles. The molecule has 1 atom stereocenters. The van der Waals surface area contributed by atoms with Crippen molar-refractivity contribution in [3.05, 3.63) is 33.7 Å². The maximum absolute atomic E-state index is 12.5. The van der Waals surface area contributed by atoms with Crippen LogP contribution in [0.4, 0.5) is 0 Å². The normalized spacial score (nSPS) is 19.1. The Kier molecular flexibility index (Phi) is 4.60. The van der Waals surface area contributed by atoms with Gasteiger partial charge in [-0.1, -0.05) is 0 Å². The Hall–Kier alpha value is -1.62. The number of rotatable bonds is 3. The first kappa shape index (κ1) is 14.8. The predicted molar refractivity (Wildman–Crippen MR) is 78.7 cm³/mol. The standard InChI is InChI=1S/C15H23N3O2/c1-11-8-14(19)13(10-17(11)2)15(20)18-7-3-4-12(9-18)5-6-16/h8,10,12H,3-7,9,16H2,1-2H3/t12-/m0/s1. The number of piperidine rings is 1. The number of amides is 1. The summed E-state index contributed by atoms with van der Waals surface area (Å²) >= 11 is 0. The molecule has 1 aliphatic heterocycles. The quantitative estimate of drug-likeness (QED) is 0.892. The van der Waals surface area contributed by atoms with Crippen molar-refractivity contribution < 1.29 is 4.79 Å². The van der Waals surface area contributed by atoms with Crippen LogP contribution >= 0.6 is 0 Å². The highest BCUT2D eigenvalue weighted by Crippen LogP contribution is 2.20. The van der Waals surface area contributed by atoms with Gasteiger partial charge in [-0.2, -0.15) is 0 Å². The van der Waals surface area contributed by atoms with E-state index < -0.39 is 0 Å². The monoisotopic (exact) mass is 277 g/mol. The largest absolute Gasteiger partial charge is 0.354 e. The molecule has 2 rings (SSSR count). The van der Waals surface area contributed by atoms with Gasteiger partial charge in [-0.3, -0.25) is 9.59 Å². The SMILES string of the molecule is Cc1cc(=O)c(C(=O)N2CCC[C@@H](CCN)C2)cn1C. The third-order valence-electron chi connectivity index (χ3n) is 4.10. The molecule has 5 heteroatoms. The van der Waals surface area contributed by atoms with Crippen molar-refractivity contribution in [2.24, 2.45) is 18.7 Å². The summed E-state index contributed by atoms with van der Waals surface area (Å²) < 4.78 is 1.82. The number of pyridine rings is 1. The average molecular weight is 277 g/mol.